The first-order valence-corrected chi connectivity index (χ1v) is 10.2. The summed E-state index contributed by atoms with van der Waals surface area (Å²) in [6.07, 6.45) is -0.119. The number of piperazine rings is 1. The zero-order valence-corrected chi connectivity index (χ0v) is 15.3. The van der Waals surface area contributed by atoms with Crippen molar-refractivity contribution in [2.24, 2.45) is 5.73 Å². The van der Waals surface area contributed by atoms with Crippen LogP contribution in [0.2, 0.25) is 0 Å². The fraction of sp³-hybridized carbons (Fsp3) is 0.529. The molecule has 0 saturated carbocycles. The van der Waals surface area contributed by atoms with Gasteiger partial charge in [0.2, 0.25) is 5.91 Å². The van der Waals surface area contributed by atoms with Crippen molar-refractivity contribution in [2.45, 2.75) is 13.3 Å². The third kappa shape index (κ3) is 6.13. The minimum Gasteiger partial charge on any atom is -0.370 e. The lowest BCUT2D eigenvalue weighted by atomic mass is 10.1. The summed E-state index contributed by atoms with van der Waals surface area (Å²) in [7, 11) is -3.24. The van der Waals surface area contributed by atoms with Crippen LogP contribution in [0.25, 0.3) is 0 Å². The molecular formula is C17H25N3O4S. The Bertz CT molecular complexity index is 708. The van der Waals surface area contributed by atoms with Gasteiger partial charge in [-0.2, -0.15) is 0 Å². The summed E-state index contributed by atoms with van der Waals surface area (Å²) >= 11 is 0. The van der Waals surface area contributed by atoms with E-state index in [1.165, 1.54) is 0 Å². The molecule has 0 aliphatic carbocycles. The maximum absolute atomic E-state index is 11.9. The smallest absolute Gasteiger partial charge is 0.218 e. The van der Waals surface area contributed by atoms with Crippen molar-refractivity contribution in [1.82, 2.24) is 4.90 Å². The van der Waals surface area contributed by atoms with Gasteiger partial charge >= 0.3 is 0 Å². The van der Waals surface area contributed by atoms with Crippen LogP contribution < -0.4 is 10.6 Å². The van der Waals surface area contributed by atoms with Crippen molar-refractivity contribution in [2.75, 3.05) is 49.1 Å². The third-order valence-corrected chi connectivity index (χ3v) is 6.02. The molecule has 1 fully saturated rings. The Hall–Kier alpha value is -1.93. The number of carbonyl (C=O) groups excluding carboxylic acids is 2. The van der Waals surface area contributed by atoms with Gasteiger partial charge in [0.05, 0.1) is 11.5 Å². The van der Waals surface area contributed by atoms with Crippen molar-refractivity contribution in [3.05, 3.63) is 29.8 Å². The normalized spacial score (nSPS) is 16.0. The van der Waals surface area contributed by atoms with Crippen molar-refractivity contribution in [3.8, 4) is 0 Å². The van der Waals surface area contributed by atoms with E-state index in [1.807, 2.05) is 24.3 Å². The summed E-state index contributed by atoms with van der Waals surface area (Å²) in [5, 5.41) is 0. The highest BCUT2D eigenvalue weighted by atomic mass is 32.2. The van der Waals surface area contributed by atoms with Crippen molar-refractivity contribution < 1.29 is 18.0 Å². The number of rotatable bonds is 8. The number of sulfone groups is 1. The Balaban J connectivity index is 1.79. The first-order valence-electron chi connectivity index (χ1n) is 8.34. The molecule has 1 aromatic rings. The Kier molecular flexibility index (Phi) is 6.55. The summed E-state index contributed by atoms with van der Waals surface area (Å²) in [5.41, 5.74) is 6.76. The molecule has 1 aliphatic heterocycles. The van der Waals surface area contributed by atoms with Gasteiger partial charge in [-0.15, -0.1) is 0 Å². The van der Waals surface area contributed by atoms with Gasteiger partial charge in [0.25, 0.3) is 0 Å². The fourth-order valence-corrected chi connectivity index (χ4v) is 4.02. The van der Waals surface area contributed by atoms with Crippen molar-refractivity contribution in [3.63, 3.8) is 0 Å². The molecule has 0 radical (unpaired) electrons. The van der Waals surface area contributed by atoms with Gasteiger partial charge in [0.1, 0.15) is 0 Å². The van der Waals surface area contributed by atoms with Crippen LogP contribution in [0, 0.1) is 0 Å². The number of nitrogens with two attached hydrogens (primary N) is 1. The second-order valence-electron chi connectivity index (χ2n) is 6.30. The van der Waals surface area contributed by atoms with E-state index in [2.05, 4.69) is 9.80 Å². The molecule has 2 N–H and O–H groups in total. The predicted octanol–water partition coefficient (Wildman–Crippen LogP) is 0.301. The molecule has 0 spiro atoms. The lowest BCUT2D eigenvalue weighted by Crippen LogP contribution is -2.47. The highest BCUT2D eigenvalue weighted by molar-refractivity contribution is 7.91. The topological polar surface area (TPSA) is 101 Å². The van der Waals surface area contributed by atoms with Crippen LogP contribution in [-0.4, -0.2) is 69.2 Å². The standard InChI is InChI=1S/C17H25N3O4S/c1-14(21)15-2-4-16(5-3-15)20-9-7-19(8-10-20)11-13-25(23,24)12-6-17(18)22/h2-5H,6-13H2,1H3,(H2,18,22). The number of ketones is 1. The monoisotopic (exact) mass is 367 g/mol. The maximum atomic E-state index is 11.9. The average Bonchev–Trinajstić information content (AvgIpc) is 2.59. The zero-order valence-electron chi connectivity index (χ0n) is 14.5. The van der Waals surface area contributed by atoms with Crippen LogP contribution in [0.3, 0.4) is 0 Å². The van der Waals surface area contributed by atoms with Crippen LogP contribution in [0.5, 0.6) is 0 Å². The predicted molar refractivity (Wildman–Crippen MR) is 97.6 cm³/mol. The Labute approximate surface area is 148 Å². The van der Waals surface area contributed by atoms with Gasteiger partial charge in [0.15, 0.2) is 15.6 Å². The minimum absolute atomic E-state index is 0.0492. The Morgan fingerprint density at radius 1 is 1.04 bits per heavy atom. The van der Waals surface area contributed by atoms with E-state index in [0.717, 1.165) is 31.9 Å². The number of primary amides is 1. The molecule has 138 valence electrons. The lowest BCUT2D eigenvalue weighted by Gasteiger charge is -2.36. The third-order valence-electron chi connectivity index (χ3n) is 4.39. The van der Waals surface area contributed by atoms with E-state index in [0.29, 0.717) is 12.1 Å². The van der Waals surface area contributed by atoms with Crippen molar-refractivity contribution >= 4 is 27.2 Å². The van der Waals surface area contributed by atoms with Crippen LogP contribution in [0.15, 0.2) is 24.3 Å². The van der Waals surface area contributed by atoms with Crippen LogP contribution in [0.4, 0.5) is 5.69 Å². The molecular weight excluding hydrogens is 342 g/mol. The largest absolute Gasteiger partial charge is 0.370 e. The highest BCUT2D eigenvalue weighted by Gasteiger charge is 2.20. The van der Waals surface area contributed by atoms with E-state index in [9.17, 15) is 18.0 Å². The molecule has 2 rings (SSSR count). The molecule has 7 nitrogen and oxygen atoms in total. The van der Waals surface area contributed by atoms with Gasteiger partial charge in [-0.3, -0.25) is 14.5 Å². The second kappa shape index (κ2) is 8.44. The first-order chi connectivity index (χ1) is 11.8. The number of amides is 1. The quantitative estimate of drug-likeness (QED) is 0.663. The number of hydrogen-bond acceptors (Lipinski definition) is 6. The van der Waals surface area contributed by atoms with E-state index in [1.54, 1.807) is 6.92 Å². The first kappa shape index (κ1) is 19.4. The van der Waals surface area contributed by atoms with E-state index in [-0.39, 0.29) is 23.7 Å². The number of hydrogen-bond donors (Lipinski definition) is 1. The van der Waals surface area contributed by atoms with Crippen LogP contribution in [-0.2, 0) is 14.6 Å². The summed E-state index contributed by atoms with van der Waals surface area (Å²) in [4.78, 5) is 26.4. The van der Waals surface area contributed by atoms with Gasteiger partial charge in [-0.1, -0.05) is 0 Å². The molecule has 0 atom stereocenters. The molecule has 1 aromatic carbocycles. The SMILES string of the molecule is CC(=O)c1ccc(N2CCN(CCS(=O)(=O)CCC(N)=O)CC2)cc1. The molecule has 1 heterocycles. The number of nitrogens with zero attached hydrogens (tertiary/aromatic N) is 2. The molecule has 0 unspecified atom stereocenters. The molecule has 0 aromatic heterocycles. The van der Waals surface area contributed by atoms with Gasteiger partial charge in [0, 0.05) is 50.4 Å². The van der Waals surface area contributed by atoms with E-state index in [4.69, 9.17) is 5.73 Å². The number of anilines is 1. The maximum Gasteiger partial charge on any atom is 0.218 e. The fourth-order valence-electron chi connectivity index (χ4n) is 2.76. The Morgan fingerprint density at radius 3 is 2.16 bits per heavy atom. The summed E-state index contributed by atoms with van der Waals surface area (Å²) < 4.78 is 23.8. The minimum atomic E-state index is -3.24. The van der Waals surface area contributed by atoms with Crippen LogP contribution in [0.1, 0.15) is 23.7 Å². The average molecular weight is 367 g/mol. The zero-order chi connectivity index (χ0) is 18.4. The van der Waals surface area contributed by atoms with Gasteiger partial charge in [-0.05, 0) is 31.2 Å². The number of benzene rings is 1. The number of Topliss-reactive ketones (excluding diaryl/α,β-unsaturated/α-hetero) is 1. The molecule has 25 heavy (non-hydrogen) atoms. The molecule has 0 bridgehead atoms. The summed E-state index contributed by atoms with van der Waals surface area (Å²) in [6.45, 7) is 5.19. The van der Waals surface area contributed by atoms with E-state index >= 15 is 0 Å². The number of carbonyl (C=O) groups is 2. The van der Waals surface area contributed by atoms with Crippen molar-refractivity contribution in [1.29, 1.82) is 0 Å². The Morgan fingerprint density at radius 2 is 1.64 bits per heavy atom. The molecule has 8 heteroatoms. The van der Waals surface area contributed by atoms with Gasteiger partial charge < -0.3 is 10.6 Å². The summed E-state index contributed by atoms with van der Waals surface area (Å²) in [5.74, 6) is -0.667. The lowest BCUT2D eigenvalue weighted by molar-refractivity contribution is -0.117. The summed E-state index contributed by atoms with van der Waals surface area (Å²) in [6, 6.07) is 7.55. The highest BCUT2D eigenvalue weighted by Crippen LogP contribution is 2.17. The van der Waals surface area contributed by atoms with Gasteiger partial charge in [-0.25, -0.2) is 8.42 Å². The van der Waals surface area contributed by atoms with E-state index < -0.39 is 15.7 Å². The molecule has 1 amide bonds. The molecule has 1 saturated heterocycles. The molecule has 1 aliphatic rings. The second-order valence-corrected chi connectivity index (χ2v) is 8.60. The van der Waals surface area contributed by atoms with Crippen LogP contribution >= 0.6 is 0 Å².